The number of hydrogen-bond acceptors (Lipinski definition) is 6. The van der Waals surface area contributed by atoms with Crippen LogP contribution < -0.4 is 5.32 Å². The highest BCUT2D eigenvalue weighted by atomic mass is 32.2. The molecule has 146 valence electrons. The number of thioether (sulfide) groups is 1. The van der Waals surface area contributed by atoms with Gasteiger partial charge in [0.25, 0.3) is 0 Å². The highest BCUT2D eigenvalue weighted by Crippen LogP contribution is 2.26. The van der Waals surface area contributed by atoms with Gasteiger partial charge in [0, 0.05) is 13.2 Å². The summed E-state index contributed by atoms with van der Waals surface area (Å²) < 4.78 is 13.3. The fourth-order valence-electron chi connectivity index (χ4n) is 3.12. The number of carbonyl (C=O) groups is 1. The van der Waals surface area contributed by atoms with Crippen molar-refractivity contribution in [1.82, 2.24) is 20.1 Å². The van der Waals surface area contributed by atoms with Gasteiger partial charge in [0.05, 0.1) is 24.7 Å². The van der Waals surface area contributed by atoms with Gasteiger partial charge in [-0.05, 0) is 30.5 Å². The van der Waals surface area contributed by atoms with Gasteiger partial charge in [-0.1, -0.05) is 42.1 Å². The molecule has 1 aliphatic heterocycles. The first-order valence-electron chi connectivity index (χ1n) is 9.31. The van der Waals surface area contributed by atoms with Crippen LogP contribution in [0.1, 0.15) is 18.4 Å². The second-order valence-corrected chi connectivity index (χ2v) is 7.52. The number of rotatable bonds is 8. The maximum Gasteiger partial charge on any atom is 0.230 e. The summed E-state index contributed by atoms with van der Waals surface area (Å²) in [5, 5.41) is 12.2. The summed E-state index contributed by atoms with van der Waals surface area (Å²) in [4.78, 5) is 12.2. The zero-order valence-electron chi connectivity index (χ0n) is 15.4. The van der Waals surface area contributed by atoms with Crippen molar-refractivity contribution in [2.75, 3.05) is 12.4 Å². The van der Waals surface area contributed by atoms with Crippen LogP contribution in [0.2, 0.25) is 0 Å². The van der Waals surface area contributed by atoms with Crippen LogP contribution in [-0.4, -0.2) is 39.1 Å². The molecule has 4 rings (SSSR count). The standard InChI is InChI=1S/C20H22N4O3S/c25-18(21-12-15-6-2-1-3-7-15)14-28-20-23-22-19(17-9-5-11-27-17)24(20)13-16-8-4-10-26-16/h1-3,5-7,9,11,16H,4,8,10,12-14H2,(H,21,25)/t16-/m1/s1. The predicted molar refractivity (Wildman–Crippen MR) is 106 cm³/mol. The van der Waals surface area contributed by atoms with E-state index >= 15 is 0 Å². The minimum absolute atomic E-state index is 0.0416. The van der Waals surface area contributed by atoms with Crippen LogP contribution in [0.25, 0.3) is 11.6 Å². The minimum Gasteiger partial charge on any atom is -0.461 e. The van der Waals surface area contributed by atoms with E-state index < -0.39 is 0 Å². The Morgan fingerprint density at radius 2 is 2.11 bits per heavy atom. The second kappa shape index (κ2) is 9.07. The molecule has 1 fully saturated rings. The molecule has 0 radical (unpaired) electrons. The number of aromatic nitrogens is 3. The third-order valence-corrected chi connectivity index (χ3v) is 5.50. The maximum atomic E-state index is 12.2. The Labute approximate surface area is 167 Å². The maximum absolute atomic E-state index is 12.2. The van der Waals surface area contributed by atoms with E-state index in [0.717, 1.165) is 25.0 Å². The van der Waals surface area contributed by atoms with Crippen LogP contribution >= 0.6 is 11.8 Å². The molecule has 0 bridgehead atoms. The van der Waals surface area contributed by atoms with Gasteiger partial charge in [-0.2, -0.15) is 0 Å². The first kappa shape index (κ1) is 18.8. The van der Waals surface area contributed by atoms with Gasteiger partial charge in [0.15, 0.2) is 10.9 Å². The molecule has 1 aliphatic rings. The van der Waals surface area contributed by atoms with Crippen molar-refractivity contribution in [2.24, 2.45) is 0 Å². The Bertz CT molecular complexity index is 890. The largest absolute Gasteiger partial charge is 0.461 e. The third kappa shape index (κ3) is 4.63. The van der Waals surface area contributed by atoms with Crippen molar-refractivity contribution in [1.29, 1.82) is 0 Å². The van der Waals surface area contributed by atoms with Crippen molar-refractivity contribution in [3.8, 4) is 11.6 Å². The monoisotopic (exact) mass is 398 g/mol. The van der Waals surface area contributed by atoms with E-state index in [1.165, 1.54) is 11.8 Å². The Kier molecular flexibility index (Phi) is 6.08. The van der Waals surface area contributed by atoms with E-state index in [4.69, 9.17) is 9.15 Å². The molecular weight excluding hydrogens is 376 g/mol. The van der Waals surface area contributed by atoms with Crippen LogP contribution in [0.3, 0.4) is 0 Å². The van der Waals surface area contributed by atoms with Crippen molar-refractivity contribution < 1.29 is 13.9 Å². The predicted octanol–water partition coefficient (Wildman–Crippen LogP) is 3.13. The molecule has 1 aromatic carbocycles. The van der Waals surface area contributed by atoms with Crippen molar-refractivity contribution in [3.05, 3.63) is 54.3 Å². The van der Waals surface area contributed by atoms with Gasteiger partial charge < -0.3 is 14.5 Å². The lowest BCUT2D eigenvalue weighted by Gasteiger charge is -2.13. The van der Waals surface area contributed by atoms with E-state index in [-0.39, 0.29) is 17.8 Å². The summed E-state index contributed by atoms with van der Waals surface area (Å²) in [5.74, 6) is 1.55. The van der Waals surface area contributed by atoms with Gasteiger partial charge >= 0.3 is 0 Å². The first-order chi connectivity index (χ1) is 13.8. The van der Waals surface area contributed by atoms with Gasteiger partial charge in [0.1, 0.15) is 0 Å². The second-order valence-electron chi connectivity index (χ2n) is 6.58. The van der Waals surface area contributed by atoms with Gasteiger partial charge in [-0.15, -0.1) is 10.2 Å². The summed E-state index contributed by atoms with van der Waals surface area (Å²) in [7, 11) is 0. The fraction of sp³-hybridized carbons (Fsp3) is 0.350. The van der Waals surface area contributed by atoms with Crippen LogP contribution in [0.4, 0.5) is 0 Å². The van der Waals surface area contributed by atoms with E-state index in [1.54, 1.807) is 6.26 Å². The summed E-state index contributed by atoms with van der Waals surface area (Å²) in [6.07, 6.45) is 3.82. The van der Waals surface area contributed by atoms with E-state index in [0.29, 0.717) is 29.8 Å². The van der Waals surface area contributed by atoms with Crippen molar-refractivity contribution in [2.45, 2.75) is 37.2 Å². The lowest BCUT2D eigenvalue weighted by atomic mass is 10.2. The zero-order chi connectivity index (χ0) is 19.2. The van der Waals surface area contributed by atoms with Crippen molar-refractivity contribution >= 4 is 17.7 Å². The number of nitrogens with one attached hydrogen (secondary N) is 1. The number of carbonyl (C=O) groups excluding carboxylic acids is 1. The number of ether oxygens (including phenoxy) is 1. The SMILES string of the molecule is O=C(CSc1nnc(-c2ccco2)n1C[C@H]1CCCO1)NCc1ccccc1. The number of amides is 1. The molecule has 28 heavy (non-hydrogen) atoms. The summed E-state index contributed by atoms with van der Waals surface area (Å²) in [6, 6.07) is 13.5. The molecule has 0 unspecified atom stereocenters. The molecule has 0 saturated carbocycles. The molecule has 1 amide bonds. The smallest absolute Gasteiger partial charge is 0.230 e. The minimum atomic E-state index is -0.0416. The third-order valence-electron chi connectivity index (χ3n) is 4.53. The molecule has 2 aromatic heterocycles. The van der Waals surface area contributed by atoms with Gasteiger partial charge in [-0.3, -0.25) is 9.36 Å². The number of hydrogen-bond donors (Lipinski definition) is 1. The van der Waals surface area contributed by atoms with Crippen LogP contribution in [-0.2, 0) is 22.6 Å². The number of benzene rings is 1. The molecule has 0 spiro atoms. The molecule has 0 aliphatic carbocycles. The summed E-state index contributed by atoms with van der Waals surface area (Å²) >= 11 is 1.37. The Morgan fingerprint density at radius 3 is 2.86 bits per heavy atom. The molecule has 1 N–H and O–H groups in total. The Hall–Kier alpha value is -2.58. The van der Waals surface area contributed by atoms with Crippen molar-refractivity contribution in [3.63, 3.8) is 0 Å². The van der Waals surface area contributed by atoms with Crippen LogP contribution in [0, 0.1) is 0 Å². The number of furan rings is 1. The lowest BCUT2D eigenvalue weighted by molar-refractivity contribution is -0.118. The molecule has 3 aromatic rings. The molecule has 7 nitrogen and oxygen atoms in total. The zero-order valence-corrected chi connectivity index (χ0v) is 16.2. The van der Waals surface area contributed by atoms with Crippen LogP contribution in [0.15, 0.2) is 58.3 Å². The Morgan fingerprint density at radius 1 is 1.21 bits per heavy atom. The van der Waals surface area contributed by atoms with E-state index in [1.807, 2.05) is 47.0 Å². The molecule has 1 atom stereocenters. The summed E-state index contributed by atoms with van der Waals surface area (Å²) in [5.41, 5.74) is 1.07. The lowest BCUT2D eigenvalue weighted by Crippen LogP contribution is -2.25. The molecule has 3 heterocycles. The van der Waals surface area contributed by atoms with Gasteiger partial charge in [-0.25, -0.2) is 0 Å². The quantitative estimate of drug-likeness (QED) is 0.587. The Balaban J connectivity index is 1.41. The normalized spacial score (nSPS) is 16.4. The van der Waals surface area contributed by atoms with Gasteiger partial charge in [0.2, 0.25) is 11.7 Å². The molecule has 1 saturated heterocycles. The average Bonchev–Trinajstić information content (AvgIpc) is 3.48. The highest BCUT2D eigenvalue weighted by molar-refractivity contribution is 7.99. The average molecular weight is 398 g/mol. The topological polar surface area (TPSA) is 82.2 Å². The van der Waals surface area contributed by atoms with E-state index in [2.05, 4.69) is 15.5 Å². The molecular formula is C20H22N4O3S. The molecule has 8 heteroatoms. The first-order valence-corrected chi connectivity index (χ1v) is 10.3. The van der Waals surface area contributed by atoms with Crippen LogP contribution in [0.5, 0.6) is 0 Å². The highest BCUT2D eigenvalue weighted by Gasteiger charge is 2.23. The summed E-state index contributed by atoms with van der Waals surface area (Å²) in [6.45, 7) is 1.95. The van der Waals surface area contributed by atoms with E-state index in [9.17, 15) is 4.79 Å². The number of nitrogens with zero attached hydrogens (tertiary/aromatic N) is 3. The fourth-order valence-corrected chi connectivity index (χ4v) is 3.90.